The molecule has 1 heterocycles. The smallest absolute Gasteiger partial charge is 0.328 e. The fourth-order valence-electron chi connectivity index (χ4n) is 2.53. The van der Waals surface area contributed by atoms with Crippen molar-refractivity contribution in [2.75, 3.05) is 14.2 Å². The van der Waals surface area contributed by atoms with Crippen molar-refractivity contribution in [1.29, 1.82) is 0 Å². The number of amides is 1. The first-order valence-electron chi connectivity index (χ1n) is 8.03. The van der Waals surface area contributed by atoms with E-state index in [1.165, 1.54) is 32.4 Å². The number of rotatable bonds is 8. The highest BCUT2D eigenvalue weighted by molar-refractivity contribution is 5.86. The first-order valence-corrected chi connectivity index (χ1v) is 8.03. The van der Waals surface area contributed by atoms with Gasteiger partial charge in [0, 0.05) is 30.3 Å². The van der Waals surface area contributed by atoms with Crippen molar-refractivity contribution in [3.63, 3.8) is 0 Å². The molecule has 0 aliphatic heterocycles. The van der Waals surface area contributed by atoms with Gasteiger partial charge in [-0.05, 0) is 11.6 Å². The van der Waals surface area contributed by atoms with E-state index in [-0.39, 0.29) is 18.5 Å². The molecule has 0 radical (unpaired) electrons. The molecule has 0 fully saturated rings. The summed E-state index contributed by atoms with van der Waals surface area (Å²) in [7, 11) is 2.68. The number of hydrogen-bond donors (Lipinski definition) is 1. The zero-order chi connectivity index (χ0) is 19.8. The molecule has 1 atom stereocenters. The average Bonchev–Trinajstić information content (AvgIpc) is 2.67. The van der Waals surface area contributed by atoms with Crippen molar-refractivity contribution in [3.8, 4) is 5.88 Å². The number of carbonyl (C=O) groups excluding carboxylic acids is 2. The predicted octanol–water partition coefficient (Wildman–Crippen LogP) is 1.44. The Kier molecular flexibility index (Phi) is 6.81. The molecule has 1 N–H and O–H groups in total. The minimum atomic E-state index is -0.945. The van der Waals surface area contributed by atoms with Gasteiger partial charge in [-0.25, -0.2) is 9.78 Å². The molecule has 0 unspecified atom stereocenters. The van der Waals surface area contributed by atoms with Gasteiger partial charge in [-0.1, -0.05) is 18.2 Å². The molecule has 142 valence electrons. The Morgan fingerprint density at radius 3 is 2.70 bits per heavy atom. The lowest BCUT2D eigenvalue weighted by Gasteiger charge is -2.17. The zero-order valence-electron chi connectivity index (χ0n) is 14.9. The maximum atomic E-state index is 12.3. The van der Waals surface area contributed by atoms with Gasteiger partial charge in [0.1, 0.15) is 6.04 Å². The van der Waals surface area contributed by atoms with E-state index in [0.717, 1.165) is 0 Å². The number of aromatic nitrogens is 1. The number of pyridine rings is 1. The van der Waals surface area contributed by atoms with Crippen LogP contribution in [0.1, 0.15) is 11.1 Å². The molecule has 1 aromatic carbocycles. The normalized spacial score (nSPS) is 11.3. The summed E-state index contributed by atoms with van der Waals surface area (Å²) < 4.78 is 9.91. The molecule has 9 nitrogen and oxygen atoms in total. The molecule has 0 aliphatic carbocycles. The van der Waals surface area contributed by atoms with Crippen LogP contribution in [0.3, 0.4) is 0 Å². The first-order chi connectivity index (χ1) is 12.9. The third-order valence-electron chi connectivity index (χ3n) is 3.77. The van der Waals surface area contributed by atoms with Gasteiger partial charge in [-0.3, -0.25) is 14.9 Å². The second kappa shape index (κ2) is 9.27. The summed E-state index contributed by atoms with van der Waals surface area (Å²) in [5, 5.41) is 13.4. The molecule has 1 amide bonds. The summed E-state index contributed by atoms with van der Waals surface area (Å²) in [6.07, 6.45) is 1.57. The van der Waals surface area contributed by atoms with Crippen molar-refractivity contribution in [3.05, 3.63) is 63.8 Å². The largest absolute Gasteiger partial charge is 0.481 e. The lowest BCUT2D eigenvalue weighted by molar-refractivity contribution is -0.384. The number of ether oxygens (including phenoxy) is 2. The van der Waals surface area contributed by atoms with Gasteiger partial charge in [0.05, 0.1) is 25.6 Å². The average molecular weight is 373 g/mol. The van der Waals surface area contributed by atoms with Gasteiger partial charge in [0.2, 0.25) is 11.8 Å². The predicted molar refractivity (Wildman–Crippen MR) is 95.2 cm³/mol. The number of hydrogen-bond acceptors (Lipinski definition) is 7. The van der Waals surface area contributed by atoms with Crippen LogP contribution in [0, 0.1) is 10.1 Å². The van der Waals surface area contributed by atoms with Crippen LogP contribution in [0.4, 0.5) is 5.69 Å². The number of non-ortho nitro benzene ring substituents is 1. The highest BCUT2D eigenvalue weighted by atomic mass is 16.6. The van der Waals surface area contributed by atoms with Crippen LogP contribution < -0.4 is 10.1 Å². The van der Waals surface area contributed by atoms with E-state index in [0.29, 0.717) is 17.0 Å². The topological polar surface area (TPSA) is 121 Å². The van der Waals surface area contributed by atoms with Gasteiger partial charge in [0.25, 0.3) is 5.69 Å². The summed E-state index contributed by atoms with van der Waals surface area (Å²) in [5.41, 5.74) is 0.986. The zero-order valence-corrected chi connectivity index (χ0v) is 14.9. The van der Waals surface area contributed by atoms with E-state index < -0.39 is 22.8 Å². The molecule has 2 rings (SSSR count). The highest BCUT2D eigenvalue weighted by Crippen LogP contribution is 2.17. The van der Waals surface area contributed by atoms with E-state index in [9.17, 15) is 19.7 Å². The molecule has 1 aromatic heterocycles. The van der Waals surface area contributed by atoms with Gasteiger partial charge in [-0.15, -0.1) is 0 Å². The first kappa shape index (κ1) is 19.8. The number of benzene rings is 1. The number of methoxy groups -OCH3 is 2. The Bertz CT molecular complexity index is 839. The fraction of sp³-hybridized carbons (Fsp3) is 0.278. The van der Waals surface area contributed by atoms with Crippen molar-refractivity contribution in [1.82, 2.24) is 10.3 Å². The van der Waals surface area contributed by atoms with Gasteiger partial charge in [0.15, 0.2) is 0 Å². The van der Waals surface area contributed by atoms with E-state index in [1.807, 2.05) is 0 Å². The summed E-state index contributed by atoms with van der Waals surface area (Å²) in [5.74, 6) is -0.735. The number of nitrogens with one attached hydrogen (secondary N) is 1. The number of esters is 1. The molecular formula is C18H19N3O6. The van der Waals surface area contributed by atoms with Crippen molar-refractivity contribution in [2.45, 2.75) is 18.9 Å². The molecule has 9 heteroatoms. The van der Waals surface area contributed by atoms with Crippen LogP contribution in [-0.2, 0) is 27.2 Å². The van der Waals surface area contributed by atoms with Crippen molar-refractivity contribution < 1.29 is 24.0 Å². The Morgan fingerprint density at radius 1 is 1.26 bits per heavy atom. The summed E-state index contributed by atoms with van der Waals surface area (Å²) in [6, 6.07) is 8.23. The lowest BCUT2D eigenvalue weighted by Crippen LogP contribution is -2.43. The second-order valence-corrected chi connectivity index (χ2v) is 5.62. The monoisotopic (exact) mass is 373 g/mol. The fourth-order valence-corrected chi connectivity index (χ4v) is 2.53. The second-order valence-electron chi connectivity index (χ2n) is 5.62. The maximum absolute atomic E-state index is 12.3. The quantitative estimate of drug-likeness (QED) is 0.422. The number of nitro benzene ring substituents is 1. The van der Waals surface area contributed by atoms with Crippen LogP contribution in [0.5, 0.6) is 5.88 Å². The lowest BCUT2D eigenvalue weighted by atomic mass is 10.1. The molecule has 0 saturated carbocycles. The van der Waals surface area contributed by atoms with Crippen LogP contribution >= 0.6 is 0 Å². The van der Waals surface area contributed by atoms with Crippen LogP contribution in [0.2, 0.25) is 0 Å². The highest BCUT2D eigenvalue weighted by Gasteiger charge is 2.24. The Morgan fingerprint density at radius 2 is 2.04 bits per heavy atom. The Labute approximate surface area is 155 Å². The summed E-state index contributed by atoms with van der Waals surface area (Å²) in [4.78, 5) is 38.8. The number of nitro groups is 1. The van der Waals surface area contributed by atoms with Gasteiger partial charge in [-0.2, -0.15) is 0 Å². The maximum Gasteiger partial charge on any atom is 0.328 e. The molecule has 0 saturated heterocycles. The summed E-state index contributed by atoms with van der Waals surface area (Å²) in [6.45, 7) is 0. The van der Waals surface area contributed by atoms with Crippen LogP contribution in [0.25, 0.3) is 0 Å². The molecule has 2 aromatic rings. The molecular weight excluding hydrogens is 354 g/mol. The number of carbonyl (C=O) groups is 2. The third-order valence-corrected chi connectivity index (χ3v) is 3.77. The Balaban J connectivity index is 2.11. The third kappa shape index (κ3) is 5.50. The van der Waals surface area contributed by atoms with Gasteiger partial charge < -0.3 is 14.8 Å². The molecule has 0 bridgehead atoms. The minimum absolute atomic E-state index is 0.107. The SMILES string of the molecule is COC(=O)[C@@H](Cc1cccnc1OC)NC(=O)Cc1cccc([N+](=O)[O-])c1. The van der Waals surface area contributed by atoms with Gasteiger partial charge >= 0.3 is 5.97 Å². The van der Waals surface area contributed by atoms with Crippen molar-refractivity contribution >= 4 is 17.6 Å². The van der Waals surface area contributed by atoms with Crippen LogP contribution in [0.15, 0.2) is 42.6 Å². The summed E-state index contributed by atoms with van der Waals surface area (Å²) >= 11 is 0. The van der Waals surface area contributed by atoms with E-state index in [4.69, 9.17) is 9.47 Å². The minimum Gasteiger partial charge on any atom is -0.481 e. The molecule has 0 aliphatic rings. The van der Waals surface area contributed by atoms with E-state index >= 15 is 0 Å². The molecule has 0 spiro atoms. The number of nitrogens with zero attached hydrogens (tertiary/aromatic N) is 2. The van der Waals surface area contributed by atoms with Crippen LogP contribution in [-0.4, -0.2) is 42.0 Å². The standard InChI is InChI=1S/C18H19N3O6/c1-26-17-13(6-4-8-19-17)11-15(18(23)27-2)20-16(22)10-12-5-3-7-14(9-12)21(24)25/h3-9,15H,10-11H2,1-2H3,(H,20,22)/t15-/m1/s1. The van der Waals surface area contributed by atoms with E-state index in [1.54, 1.807) is 24.4 Å². The van der Waals surface area contributed by atoms with Crippen molar-refractivity contribution in [2.24, 2.45) is 0 Å². The molecule has 27 heavy (non-hydrogen) atoms. The Hall–Kier alpha value is -3.49. The van der Waals surface area contributed by atoms with E-state index in [2.05, 4.69) is 10.3 Å².